The third kappa shape index (κ3) is 3.60. The predicted octanol–water partition coefficient (Wildman–Crippen LogP) is 1.77. The average molecular weight is 178 g/mol. The molecular formula is C10H14N2O. The lowest BCUT2D eigenvalue weighted by Crippen LogP contribution is -2.18. The van der Waals surface area contributed by atoms with E-state index in [0.29, 0.717) is 5.92 Å². The SMILES string of the molecule is CC(C)/C=C/C(=O)Nn1cccc1. The summed E-state index contributed by atoms with van der Waals surface area (Å²) in [5.74, 6) is 0.292. The Morgan fingerprint density at radius 1 is 1.38 bits per heavy atom. The number of hydrogen-bond acceptors (Lipinski definition) is 1. The highest BCUT2D eigenvalue weighted by molar-refractivity contribution is 5.93. The Morgan fingerprint density at radius 2 is 2.00 bits per heavy atom. The smallest absolute Gasteiger partial charge is 0.262 e. The zero-order valence-electron chi connectivity index (χ0n) is 7.90. The van der Waals surface area contributed by atoms with Crippen LogP contribution in [0.3, 0.4) is 0 Å². The van der Waals surface area contributed by atoms with Crippen LogP contribution < -0.4 is 5.43 Å². The number of amides is 1. The molecule has 13 heavy (non-hydrogen) atoms. The summed E-state index contributed by atoms with van der Waals surface area (Å²) in [6, 6.07) is 3.71. The van der Waals surface area contributed by atoms with E-state index < -0.39 is 0 Å². The molecule has 0 aliphatic heterocycles. The fourth-order valence-corrected chi connectivity index (χ4v) is 0.853. The molecular weight excluding hydrogens is 164 g/mol. The van der Waals surface area contributed by atoms with E-state index in [2.05, 4.69) is 5.43 Å². The molecule has 3 heteroatoms. The Bertz CT molecular complexity index is 286. The Morgan fingerprint density at radius 3 is 2.54 bits per heavy atom. The fourth-order valence-electron chi connectivity index (χ4n) is 0.853. The molecule has 0 unspecified atom stereocenters. The molecule has 0 atom stereocenters. The zero-order valence-corrected chi connectivity index (χ0v) is 7.90. The molecule has 0 saturated carbocycles. The van der Waals surface area contributed by atoms with Crippen molar-refractivity contribution in [3.05, 3.63) is 36.7 Å². The van der Waals surface area contributed by atoms with E-state index in [1.54, 1.807) is 23.1 Å². The lowest BCUT2D eigenvalue weighted by Gasteiger charge is -2.01. The summed E-state index contributed by atoms with van der Waals surface area (Å²) in [7, 11) is 0. The molecule has 0 aliphatic carbocycles. The molecule has 1 N–H and O–H groups in total. The molecule has 0 spiro atoms. The van der Waals surface area contributed by atoms with Crippen molar-refractivity contribution in [2.75, 3.05) is 5.43 Å². The highest BCUT2D eigenvalue weighted by Gasteiger charge is 1.94. The van der Waals surface area contributed by atoms with Gasteiger partial charge in [-0.25, -0.2) is 0 Å². The quantitative estimate of drug-likeness (QED) is 0.703. The van der Waals surface area contributed by atoms with Gasteiger partial charge in [0.05, 0.1) is 0 Å². The first kappa shape index (κ1) is 9.58. The van der Waals surface area contributed by atoms with Crippen LogP contribution in [0, 0.1) is 5.92 Å². The summed E-state index contributed by atoms with van der Waals surface area (Å²) in [4.78, 5) is 11.2. The molecule has 1 heterocycles. The van der Waals surface area contributed by atoms with E-state index >= 15 is 0 Å². The maximum atomic E-state index is 11.2. The second kappa shape index (κ2) is 4.50. The van der Waals surface area contributed by atoms with Crippen molar-refractivity contribution in [1.29, 1.82) is 0 Å². The summed E-state index contributed by atoms with van der Waals surface area (Å²) in [5.41, 5.74) is 2.67. The topological polar surface area (TPSA) is 34.0 Å². The Labute approximate surface area is 78.0 Å². The van der Waals surface area contributed by atoms with Crippen LogP contribution in [-0.2, 0) is 4.79 Å². The fraction of sp³-hybridized carbons (Fsp3) is 0.300. The molecule has 0 saturated heterocycles. The maximum absolute atomic E-state index is 11.2. The predicted molar refractivity (Wildman–Crippen MR) is 52.8 cm³/mol. The molecule has 0 bridgehead atoms. The van der Waals surface area contributed by atoms with Gasteiger partial charge in [-0.3, -0.25) is 14.9 Å². The summed E-state index contributed by atoms with van der Waals surface area (Å²) in [5, 5.41) is 0. The van der Waals surface area contributed by atoms with Gasteiger partial charge in [0.1, 0.15) is 0 Å². The van der Waals surface area contributed by atoms with Gasteiger partial charge in [-0.2, -0.15) is 0 Å². The van der Waals surface area contributed by atoms with Crippen LogP contribution in [-0.4, -0.2) is 10.6 Å². The average Bonchev–Trinajstić information content (AvgIpc) is 2.53. The Balaban J connectivity index is 2.43. The van der Waals surface area contributed by atoms with E-state index in [-0.39, 0.29) is 5.91 Å². The molecule has 1 aromatic rings. The summed E-state index contributed by atoms with van der Waals surface area (Å²) in [6.07, 6.45) is 6.96. The van der Waals surface area contributed by atoms with Crippen LogP contribution in [0.2, 0.25) is 0 Å². The molecule has 3 nitrogen and oxygen atoms in total. The van der Waals surface area contributed by atoms with Gasteiger partial charge in [-0.15, -0.1) is 0 Å². The molecule has 70 valence electrons. The third-order valence-electron chi connectivity index (χ3n) is 1.48. The number of allylic oxidation sites excluding steroid dienone is 1. The van der Waals surface area contributed by atoms with Crippen LogP contribution in [0.4, 0.5) is 0 Å². The first-order chi connectivity index (χ1) is 6.18. The number of carbonyl (C=O) groups excluding carboxylic acids is 1. The minimum atomic E-state index is -0.107. The summed E-state index contributed by atoms with van der Waals surface area (Å²) in [6.45, 7) is 4.05. The van der Waals surface area contributed by atoms with Crippen LogP contribution in [0.5, 0.6) is 0 Å². The van der Waals surface area contributed by atoms with Crippen molar-refractivity contribution in [1.82, 2.24) is 4.68 Å². The van der Waals surface area contributed by atoms with Gasteiger partial charge >= 0.3 is 0 Å². The largest absolute Gasteiger partial charge is 0.268 e. The first-order valence-electron chi connectivity index (χ1n) is 4.30. The summed E-state index contributed by atoms with van der Waals surface area (Å²) < 4.78 is 1.62. The number of nitrogens with one attached hydrogen (secondary N) is 1. The van der Waals surface area contributed by atoms with Gasteiger partial charge in [0.2, 0.25) is 0 Å². The number of nitrogens with zero attached hydrogens (tertiary/aromatic N) is 1. The lowest BCUT2D eigenvalue weighted by atomic mass is 10.2. The monoisotopic (exact) mass is 178 g/mol. The second-order valence-electron chi connectivity index (χ2n) is 3.17. The maximum Gasteiger partial charge on any atom is 0.262 e. The van der Waals surface area contributed by atoms with Crippen molar-refractivity contribution in [2.24, 2.45) is 5.92 Å². The normalized spacial score (nSPS) is 11.0. The molecule has 0 aliphatic rings. The van der Waals surface area contributed by atoms with E-state index in [0.717, 1.165) is 0 Å². The minimum Gasteiger partial charge on any atom is -0.268 e. The van der Waals surface area contributed by atoms with Crippen LogP contribution in [0.15, 0.2) is 36.7 Å². The minimum absolute atomic E-state index is 0.107. The Hall–Kier alpha value is -1.51. The number of carbonyl (C=O) groups is 1. The zero-order chi connectivity index (χ0) is 9.68. The van der Waals surface area contributed by atoms with E-state index in [9.17, 15) is 4.79 Å². The lowest BCUT2D eigenvalue weighted by molar-refractivity contribution is -0.112. The number of rotatable bonds is 3. The highest BCUT2D eigenvalue weighted by atomic mass is 16.2. The first-order valence-corrected chi connectivity index (χ1v) is 4.30. The second-order valence-corrected chi connectivity index (χ2v) is 3.17. The van der Waals surface area contributed by atoms with Crippen LogP contribution in [0.25, 0.3) is 0 Å². The van der Waals surface area contributed by atoms with Crippen molar-refractivity contribution in [2.45, 2.75) is 13.8 Å². The van der Waals surface area contributed by atoms with Gasteiger partial charge in [0.25, 0.3) is 5.91 Å². The number of hydrogen-bond donors (Lipinski definition) is 1. The molecule has 1 rings (SSSR count). The highest BCUT2D eigenvalue weighted by Crippen LogP contribution is 1.93. The van der Waals surface area contributed by atoms with Gasteiger partial charge < -0.3 is 0 Å². The molecule has 1 aromatic heterocycles. The third-order valence-corrected chi connectivity index (χ3v) is 1.48. The van der Waals surface area contributed by atoms with Crippen LogP contribution in [0.1, 0.15) is 13.8 Å². The van der Waals surface area contributed by atoms with Gasteiger partial charge in [-0.1, -0.05) is 19.9 Å². The molecule has 0 aromatic carbocycles. The molecule has 0 radical (unpaired) electrons. The van der Waals surface area contributed by atoms with E-state index in [1.165, 1.54) is 0 Å². The van der Waals surface area contributed by atoms with E-state index in [1.807, 2.05) is 32.1 Å². The van der Waals surface area contributed by atoms with Crippen molar-refractivity contribution in [3.8, 4) is 0 Å². The summed E-state index contributed by atoms with van der Waals surface area (Å²) >= 11 is 0. The van der Waals surface area contributed by atoms with Crippen LogP contribution >= 0.6 is 0 Å². The molecule has 0 fully saturated rings. The van der Waals surface area contributed by atoms with E-state index in [4.69, 9.17) is 0 Å². The van der Waals surface area contributed by atoms with Gasteiger partial charge in [0, 0.05) is 18.5 Å². The molecule has 1 amide bonds. The van der Waals surface area contributed by atoms with Gasteiger partial charge in [0.15, 0.2) is 0 Å². The standard InChI is InChI=1S/C10H14N2O/c1-9(2)5-6-10(13)11-12-7-3-4-8-12/h3-9H,1-2H3,(H,11,13)/b6-5+. The van der Waals surface area contributed by atoms with Gasteiger partial charge in [-0.05, 0) is 18.1 Å². The Kier molecular flexibility index (Phi) is 3.31. The van der Waals surface area contributed by atoms with Crippen molar-refractivity contribution < 1.29 is 4.79 Å². The number of aromatic nitrogens is 1. The van der Waals surface area contributed by atoms with Crippen molar-refractivity contribution >= 4 is 5.91 Å². The van der Waals surface area contributed by atoms with Crippen molar-refractivity contribution in [3.63, 3.8) is 0 Å².